The van der Waals surface area contributed by atoms with Crippen molar-refractivity contribution in [1.29, 1.82) is 0 Å². The highest BCUT2D eigenvalue weighted by molar-refractivity contribution is 7.92. The SMILES string of the molecule is Cc1ccc(NS(=O)(=O)c2cccc(Cl)c2Cl)cc1. The maximum atomic E-state index is 12.2. The minimum atomic E-state index is -3.75. The Hall–Kier alpha value is -1.23. The fourth-order valence-corrected chi connectivity index (χ4v) is 3.34. The summed E-state index contributed by atoms with van der Waals surface area (Å²) in [6.45, 7) is 1.92. The highest BCUT2D eigenvalue weighted by Crippen LogP contribution is 2.30. The van der Waals surface area contributed by atoms with Crippen molar-refractivity contribution in [2.24, 2.45) is 0 Å². The minimum absolute atomic E-state index is 0.0174. The van der Waals surface area contributed by atoms with Crippen LogP contribution in [-0.4, -0.2) is 8.42 Å². The highest BCUT2D eigenvalue weighted by atomic mass is 35.5. The first-order valence-corrected chi connectivity index (χ1v) is 7.67. The molecule has 2 aromatic carbocycles. The second-order valence-corrected chi connectivity index (χ2v) is 6.46. The van der Waals surface area contributed by atoms with Gasteiger partial charge in [-0.05, 0) is 31.2 Å². The number of hydrogen-bond donors (Lipinski definition) is 1. The summed E-state index contributed by atoms with van der Waals surface area (Å²) in [5, 5.41) is 0.220. The van der Waals surface area contributed by atoms with E-state index < -0.39 is 10.0 Å². The van der Waals surface area contributed by atoms with Gasteiger partial charge in [0, 0.05) is 5.69 Å². The normalized spacial score (nSPS) is 11.3. The molecule has 0 aromatic heterocycles. The molecule has 0 aliphatic rings. The van der Waals surface area contributed by atoms with Crippen molar-refractivity contribution in [3.05, 3.63) is 58.1 Å². The van der Waals surface area contributed by atoms with Gasteiger partial charge in [-0.3, -0.25) is 4.72 Å². The number of sulfonamides is 1. The van der Waals surface area contributed by atoms with Gasteiger partial charge < -0.3 is 0 Å². The van der Waals surface area contributed by atoms with Crippen LogP contribution in [0.3, 0.4) is 0 Å². The smallest absolute Gasteiger partial charge is 0.263 e. The summed E-state index contributed by atoms with van der Waals surface area (Å²) in [4.78, 5) is -0.0396. The van der Waals surface area contributed by atoms with Crippen molar-refractivity contribution in [2.75, 3.05) is 4.72 Å². The van der Waals surface area contributed by atoms with Crippen LogP contribution in [0.2, 0.25) is 10.0 Å². The molecule has 0 aliphatic carbocycles. The Morgan fingerprint density at radius 1 is 1.00 bits per heavy atom. The molecule has 0 saturated heterocycles. The zero-order valence-corrected chi connectivity index (χ0v) is 12.4. The Morgan fingerprint density at radius 2 is 1.63 bits per heavy atom. The van der Waals surface area contributed by atoms with E-state index in [0.29, 0.717) is 5.69 Å². The van der Waals surface area contributed by atoms with E-state index in [4.69, 9.17) is 23.2 Å². The Morgan fingerprint density at radius 3 is 2.26 bits per heavy atom. The van der Waals surface area contributed by atoms with Gasteiger partial charge in [0.15, 0.2) is 0 Å². The molecular formula is C13H11Cl2NO2S. The number of benzene rings is 2. The third-order valence-corrected chi connectivity index (χ3v) is 4.86. The summed E-state index contributed by atoms with van der Waals surface area (Å²) in [7, 11) is -3.75. The monoisotopic (exact) mass is 315 g/mol. The summed E-state index contributed by atoms with van der Waals surface area (Å²) >= 11 is 11.7. The van der Waals surface area contributed by atoms with Crippen molar-refractivity contribution in [3.8, 4) is 0 Å². The van der Waals surface area contributed by atoms with Gasteiger partial charge in [0.25, 0.3) is 10.0 Å². The lowest BCUT2D eigenvalue weighted by Gasteiger charge is -2.10. The summed E-state index contributed by atoms with van der Waals surface area (Å²) in [5.74, 6) is 0. The molecule has 0 atom stereocenters. The maximum absolute atomic E-state index is 12.2. The second-order valence-electron chi connectivity index (χ2n) is 4.02. The lowest BCUT2D eigenvalue weighted by molar-refractivity contribution is 0.601. The fraction of sp³-hybridized carbons (Fsp3) is 0.0769. The molecule has 0 aliphatic heterocycles. The summed E-state index contributed by atoms with van der Waals surface area (Å²) in [6.07, 6.45) is 0. The van der Waals surface area contributed by atoms with Crippen molar-refractivity contribution in [3.63, 3.8) is 0 Å². The van der Waals surface area contributed by atoms with Gasteiger partial charge in [-0.25, -0.2) is 8.42 Å². The molecule has 3 nitrogen and oxygen atoms in total. The van der Waals surface area contributed by atoms with Gasteiger partial charge in [0.1, 0.15) is 4.90 Å². The molecule has 19 heavy (non-hydrogen) atoms. The van der Waals surface area contributed by atoms with Crippen molar-refractivity contribution < 1.29 is 8.42 Å². The first kappa shape index (κ1) is 14.2. The standard InChI is InChI=1S/C13H11Cl2NO2S/c1-9-5-7-10(8-6-9)16-19(17,18)12-4-2-3-11(14)13(12)15/h2-8,16H,1H3. The molecule has 0 bridgehead atoms. The predicted molar refractivity (Wildman–Crippen MR) is 78.4 cm³/mol. The van der Waals surface area contributed by atoms with Crippen molar-refractivity contribution in [1.82, 2.24) is 0 Å². The first-order chi connectivity index (χ1) is 8.90. The molecule has 2 rings (SSSR count). The molecule has 0 radical (unpaired) electrons. The Balaban J connectivity index is 2.38. The topological polar surface area (TPSA) is 46.2 Å². The van der Waals surface area contributed by atoms with E-state index in [1.807, 2.05) is 19.1 Å². The van der Waals surface area contributed by atoms with Crippen LogP contribution in [0.15, 0.2) is 47.4 Å². The van der Waals surface area contributed by atoms with Gasteiger partial charge in [-0.2, -0.15) is 0 Å². The van der Waals surface area contributed by atoms with E-state index in [1.165, 1.54) is 18.2 Å². The number of halogens is 2. The molecule has 100 valence electrons. The van der Waals surface area contributed by atoms with Crippen LogP contribution in [0, 0.1) is 6.92 Å². The third-order valence-electron chi connectivity index (χ3n) is 2.51. The van der Waals surface area contributed by atoms with E-state index in [2.05, 4.69) is 4.72 Å². The molecule has 2 aromatic rings. The van der Waals surface area contributed by atoms with Gasteiger partial charge in [-0.1, -0.05) is 47.0 Å². The molecular weight excluding hydrogens is 305 g/mol. The summed E-state index contributed by atoms with van der Waals surface area (Å²) in [6, 6.07) is 11.5. The van der Waals surface area contributed by atoms with Crippen LogP contribution in [0.4, 0.5) is 5.69 Å². The van der Waals surface area contributed by atoms with Crippen LogP contribution >= 0.6 is 23.2 Å². The predicted octanol–water partition coefficient (Wildman–Crippen LogP) is 4.10. The molecule has 0 amide bonds. The van der Waals surface area contributed by atoms with Crippen LogP contribution in [0.25, 0.3) is 0 Å². The van der Waals surface area contributed by atoms with Gasteiger partial charge in [0.2, 0.25) is 0 Å². The van der Waals surface area contributed by atoms with Gasteiger partial charge in [0.05, 0.1) is 10.0 Å². The highest BCUT2D eigenvalue weighted by Gasteiger charge is 2.19. The molecule has 1 N–H and O–H groups in total. The van der Waals surface area contributed by atoms with Gasteiger partial charge in [-0.15, -0.1) is 0 Å². The quantitative estimate of drug-likeness (QED) is 0.926. The number of nitrogens with one attached hydrogen (secondary N) is 1. The number of hydrogen-bond acceptors (Lipinski definition) is 2. The van der Waals surface area contributed by atoms with Crippen LogP contribution < -0.4 is 4.72 Å². The van der Waals surface area contributed by atoms with Crippen molar-refractivity contribution in [2.45, 2.75) is 11.8 Å². The fourth-order valence-electron chi connectivity index (χ4n) is 1.52. The maximum Gasteiger partial charge on any atom is 0.263 e. The molecule has 0 heterocycles. The average Bonchev–Trinajstić information content (AvgIpc) is 2.35. The Bertz CT molecular complexity index is 697. The molecule has 0 unspecified atom stereocenters. The summed E-state index contributed by atoms with van der Waals surface area (Å²) < 4.78 is 26.9. The zero-order valence-electron chi connectivity index (χ0n) is 10.0. The average molecular weight is 316 g/mol. The van der Waals surface area contributed by atoms with E-state index >= 15 is 0 Å². The van der Waals surface area contributed by atoms with E-state index in [1.54, 1.807) is 12.1 Å². The molecule has 0 fully saturated rings. The van der Waals surface area contributed by atoms with Crippen LogP contribution in [0.1, 0.15) is 5.56 Å². The Kier molecular flexibility index (Phi) is 4.04. The van der Waals surface area contributed by atoms with E-state index in [0.717, 1.165) is 5.56 Å². The van der Waals surface area contributed by atoms with Gasteiger partial charge >= 0.3 is 0 Å². The molecule has 6 heteroatoms. The zero-order chi connectivity index (χ0) is 14.0. The first-order valence-electron chi connectivity index (χ1n) is 5.43. The molecule has 0 spiro atoms. The van der Waals surface area contributed by atoms with Crippen LogP contribution in [0.5, 0.6) is 0 Å². The number of anilines is 1. The largest absolute Gasteiger partial charge is 0.280 e. The third kappa shape index (κ3) is 3.21. The minimum Gasteiger partial charge on any atom is -0.280 e. The van der Waals surface area contributed by atoms with E-state index in [-0.39, 0.29) is 14.9 Å². The lowest BCUT2D eigenvalue weighted by Crippen LogP contribution is -2.13. The summed E-state index contributed by atoms with van der Waals surface area (Å²) in [5.41, 5.74) is 1.52. The lowest BCUT2D eigenvalue weighted by atomic mass is 10.2. The van der Waals surface area contributed by atoms with E-state index in [9.17, 15) is 8.42 Å². The van der Waals surface area contributed by atoms with Crippen molar-refractivity contribution >= 4 is 38.9 Å². The van der Waals surface area contributed by atoms with Crippen LogP contribution in [-0.2, 0) is 10.0 Å². The Labute approximate surface area is 122 Å². The second kappa shape index (κ2) is 5.41. The molecule has 0 saturated carbocycles. The number of aryl methyl sites for hydroxylation is 1. The number of rotatable bonds is 3.